The summed E-state index contributed by atoms with van der Waals surface area (Å²) in [6.45, 7) is 6.73. The minimum Gasteiger partial charge on any atom is -0.385 e. The van der Waals surface area contributed by atoms with Gasteiger partial charge in [0.15, 0.2) is 0 Å². The Balaban J connectivity index is 2.75. The standard InChI is InChI=1S/C15H26N2O/c1-12-6-7-14(13(2)10-12)15(11-16)17(3)8-5-9-18-4/h6-7,10,15H,5,8-9,11,16H2,1-4H3. The number of ether oxygens (including phenoxy) is 1. The van der Waals surface area contributed by atoms with Crippen molar-refractivity contribution in [2.45, 2.75) is 26.3 Å². The number of likely N-dealkylation sites (N-methyl/N-ethyl adjacent to an activating group) is 1. The third kappa shape index (κ3) is 4.09. The third-order valence-electron chi connectivity index (χ3n) is 3.40. The summed E-state index contributed by atoms with van der Waals surface area (Å²) in [5, 5.41) is 0. The van der Waals surface area contributed by atoms with Crippen LogP contribution in [0.25, 0.3) is 0 Å². The Labute approximate surface area is 111 Å². The number of hydrogen-bond acceptors (Lipinski definition) is 3. The molecule has 0 amide bonds. The molecular weight excluding hydrogens is 224 g/mol. The monoisotopic (exact) mass is 250 g/mol. The summed E-state index contributed by atoms with van der Waals surface area (Å²) in [4.78, 5) is 2.32. The molecule has 0 aromatic heterocycles. The predicted molar refractivity (Wildman–Crippen MR) is 76.8 cm³/mol. The van der Waals surface area contributed by atoms with Crippen molar-refractivity contribution in [1.82, 2.24) is 4.90 Å². The van der Waals surface area contributed by atoms with Crippen molar-refractivity contribution in [3.63, 3.8) is 0 Å². The molecule has 0 radical (unpaired) electrons. The van der Waals surface area contributed by atoms with Gasteiger partial charge >= 0.3 is 0 Å². The maximum absolute atomic E-state index is 5.94. The van der Waals surface area contributed by atoms with Crippen LogP contribution in [0.15, 0.2) is 18.2 Å². The van der Waals surface area contributed by atoms with Gasteiger partial charge in [0.05, 0.1) is 0 Å². The van der Waals surface area contributed by atoms with E-state index in [0.717, 1.165) is 19.6 Å². The molecule has 0 bridgehead atoms. The van der Waals surface area contributed by atoms with Crippen molar-refractivity contribution in [1.29, 1.82) is 0 Å². The molecular formula is C15H26N2O. The molecule has 2 N–H and O–H groups in total. The molecule has 18 heavy (non-hydrogen) atoms. The number of nitrogens with zero attached hydrogens (tertiary/aromatic N) is 1. The quantitative estimate of drug-likeness (QED) is 0.755. The number of rotatable bonds is 7. The minimum absolute atomic E-state index is 0.294. The number of methoxy groups -OCH3 is 1. The molecule has 0 saturated carbocycles. The lowest BCUT2D eigenvalue weighted by Crippen LogP contribution is -2.32. The number of aryl methyl sites for hydroxylation is 2. The van der Waals surface area contributed by atoms with Crippen LogP contribution in [0.5, 0.6) is 0 Å². The fourth-order valence-electron chi connectivity index (χ4n) is 2.36. The molecule has 3 nitrogen and oxygen atoms in total. The van der Waals surface area contributed by atoms with Crippen LogP contribution < -0.4 is 5.73 Å². The number of benzene rings is 1. The summed E-state index contributed by atoms with van der Waals surface area (Å²) in [5.41, 5.74) is 9.90. The number of hydrogen-bond donors (Lipinski definition) is 1. The Hall–Kier alpha value is -0.900. The van der Waals surface area contributed by atoms with Gasteiger partial charge in [-0.25, -0.2) is 0 Å². The van der Waals surface area contributed by atoms with Crippen LogP contribution in [-0.4, -0.2) is 38.8 Å². The Morgan fingerprint density at radius 2 is 2.06 bits per heavy atom. The van der Waals surface area contributed by atoms with Crippen molar-refractivity contribution in [2.24, 2.45) is 5.73 Å². The molecule has 0 aliphatic carbocycles. The smallest absolute Gasteiger partial charge is 0.0474 e. The first-order valence-electron chi connectivity index (χ1n) is 6.56. The van der Waals surface area contributed by atoms with Gasteiger partial charge in [0.25, 0.3) is 0 Å². The van der Waals surface area contributed by atoms with Gasteiger partial charge in [0.1, 0.15) is 0 Å². The van der Waals surface area contributed by atoms with E-state index < -0.39 is 0 Å². The van der Waals surface area contributed by atoms with E-state index in [2.05, 4.69) is 44.0 Å². The first kappa shape index (κ1) is 15.2. The van der Waals surface area contributed by atoms with Gasteiger partial charge in [0.2, 0.25) is 0 Å². The van der Waals surface area contributed by atoms with E-state index in [0.29, 0.717) is 12.6 Å². The van der Waals surface area contributed by atoms with Crippen molar-refractivity contribution in [3.05, 3.63) is 34.9 Å². The Bertz CT molecular complexity index is 366. The summed E-state index contributed by atoms with van der Waals surface area (Å²) in [7, 11) is 3.87. The topological polar surface area (TPSA) is 38.5 Å². The highest BCUT2D eigenvalue weighted by molar-refractivity contribution is 5.33. The van der Waals surface area contributed by atoms with Crippen LogP contribution in [0.4, 0.5) is 0 Å². The highest BCUT2D eigenvalue weighted by Crippen LogP contribution is 2.22. The maximum Gasteiger partial charge on any atom is 0.0474 e. The van der Waals surface area contributed by atoms with Gasteiger partial charge in [-0.2, -0.15) is 0 Å². The first-order chi connectivity index (χ1) is 8.60. The van der Waals surface area contributed by atoms with Gasteiger partial charge in [-0.15, -0.1) is 0 Å². The second-order valence-corrected chi connectivity index (χ2v) is 4.94. The largest absolute Gasteiger partial charge is 0.385 e. The zero-order valence-electron chi connectivity index (χ0n) is 12.1. The molecule has 1 atom stereocenters. The van der Waals surface area contributed by atoms with Gasteiger partial charge in [-0.1, -0.05) is 23.8 Å². The molecule has 0 heterocycles. The van der Waals surface area contributed by atoms with Gasteiger partial charge in [-0.05, 0) is 38.4 Å². The second-order valence-electron chi connectivity index (χ2n) is 4.94. The van der Waals surface area contributed by atoms with Crippen LogP contribution in [0.2, 0.25) is 0 Å². The van der Waals surface area contributed by atoms with E-state index in [1.165, 1.54) is 16.7 Å². The lowest BCUT2D eigenvalue weighted by atomic mass is 9.98. The van der Waals surface area contributed by atoms with Crippen LogP contribution in [0.1, 0.15) is 29.2 Å². The molecule has 1 rings (SSSR count). The molecule has 1 aromatic rings. The molecule has 0 spiro atoms. The molecule has 0 aliphatic rings. The van der Waals surface area contributed by atoms with Crippen molar-refractivity contribution in [2.75, 3.05) is 33.9 Å². The molecule has 1 unspecified atom stereocenters. The third-order valence-corrected chi connectivity index (χ3v) is 3.40. The van der Waals surface area contributed by atoms with Gasteiger partial charge in [-0.3, -0.25) is 4.90 Å². The second kappa shape index (κ2) is 7.52. The zero-order chi connectivity index (χ0) is 13.5. The molecule has 0 aliphatic heterocycles. The molecule has 0 saturated heterocycles. The fraction of sp³-hybridized carbons (Fsp3) is 0.600. The fourth-order valence-corrected chi connectivity index (χ4v) is 2.36. The lowest BCUT2D eigenvalue weighted by Gasteiger charge is -2.28. The molecule has 3 heteroatoms. The molecule has 0 fully saturated rings. The summed E-state index contributed by atoms with van der Waals surface area (Å²) in [6.07, 6.45) is 1.04. The summed E-state index contributed by atoms with van der Waals surface area (Å²) < 4.78 is 5.09. The van der Waals surface area contributed by atoms with Crippen molar-refractivity contribution >= 4 is 0 Å². The van der Waals surface area contributed by atoms with E-state index in [4.69, 9.17) is 10.5 Å². The van der Waals surface area contributed by atoms with E-state index in [1.807, 2.05) is 0 Å². The van der Waals surface area contributed by atoms with Crippen molar-refractivity contribution in [3.8, 4) is 0 Å². The molecule has 102 valence electrons. The summed E-state index contributed by atoms with van der Waals surface area (Å²) in [5.74, 6) is 0. The van der Waals surface area contributed by atoms with E-state index in [-0.39, 0.29) is 0 Å². The Morgan fingerprint density at radius 1 is 1.33 bits per heavy atom. The SMILES string of the molecule is COCCCN(C)C(CN)c1ccc(C)cc1C. The van der Waals surface area contributed by atoms with Gasteiger partial charge in [0, 0.05) is 32.8 Å². The average molecular weight is 250 g/mol. The van der Waals surface area contributed by atoms with Crippen LogP contribution >= 0.6 is 0 Å². The van der Waals surface area contributed by atoms with E-state index in [9.17, 15) is 0 Å². The summed E-state index contributed by atoms with van der Waals surface area (Å²) >= 11 is 0. The zero-order valence-corrected chi connectivity index (χ0v) is 12.1. The molecule has 1 aromatic carbocycles. The normalized spacial score (nSPS) is 13.0. The highest BCUT2D eigenvalue weighted by Gasteiger charge is 2.16. The van der Waals surface area contributed by atoms with Crippen LogP contribution in [0, 0.1) is 13.8 Å². The van der Waals surface area contributed by atoms with Crippen molar-refractivity contribution < 1.29 is 4.74 Å². The first-order valence-corrected chi connectivity index (χ1v) is 6.56. The van der Waals surface area contributed by atoms with Crippen LogP contribution in [0.3, 0.4) is 0 Å². The summed E-state index contributed by atoms with van der Waals surface area (Å²) in [6, 6.07) is 6.88. The Kier molecular flexibility index (Phi) is 6.33. The van der Waals surface area contributed by atoms with E-state index in [1.54, 1.807) is 7.11 Å². The van der Waals surface area contributed by atoms with Crippen LogP contribution in [-0.2, 0) is 4.74 Å². The average Bonchev–Trinajstić information content (AvgIpc) is 2.33. The highest BCUT2D eigenvalue weighted by atomic mass is 16.5. The maximum atomic E-state index is 5.94. The predicted octanol–water partition coefficient (Wildman–Crippen LogP) is 2.27. The Morgan fingerprint density at radius 3 is 2.61 bits per heavy atom. The van der Waals surface area contributed by atoms with Gasteiger partial charge < -0.3 is 10.5 Å². The van der Waals surface area contributed by atoms with E-state index >= 15 is 0 Å². The number of nitrogens with two attached hydrogens (primary N) is 1. The lowest BCUT2D eigenvalue weighted by molar-refractivity contribution is 0.166. The minimum atomic E-state index is 0.294.